The van der Waals surface area contributed by atoms with Crippen LogP contribution in [0.3, 0.4) is 0 Å². The van der Waals surface area contributed by atoms with Gasteiger partial charge >= 0.3 is 12.1 Å². The van der Waals surface area contributed by atoms with Crippen LogP contribution in [-0.2, 0) is 17.5 Å². The highest BCUT2D eigenvalue weighted by molar-refractivity contribution is 5.89. The van der Waals surface area contributed by atoms with Gasteiger partial charge in [-0.05, 0) is 66.6 Å². The lowest BCUT2D eigenvalue weighted by Crippen LogP contribution is -2.35. The van der Waals surface area contributed by atoms with E-state index in [2.05, 4.69) is 4.90 Å². The number of nitrogens with zero attached hydrogens (tertiary/aromatic N) is 1. The molecule has 2 fully saturated rings. The van der Waals surface area contributed by atoms with Crippen LogP contribution in [0.1, 0.15) is 56.1 Å². The third kappa shape index (κ3) is 5.98. The van der Waals surface area contributed by atoms with Crippen LogP contribution < -0.4 is 4.74 Å². The Morgan fingerprint density at radius 2 is 1.85 bits per heavy atom. The smallest absolute Gasteiger partial charge is 0.420 e. The van der Waals surface area contributed by atoms with Crippen LogP contribution >= 0.6 is 0 Å². The van der Waals surface area contributed by atoms with E-state index in [1.54, 1.807) is 18.2 Å². The molecule has 0 aromatic heterocycles. The summed E-state index contributed by atoms with van der Waals surface area (Å²) in [6, 6.07) is 7.67. The molecule has 0 bridgehead atoms. The van der Waals surface area contributed by atoms with Crippen molar-refractivity contribution in [3.05, 3.63) is 41.5 Å². The van der Waals surface area contributed by atoms with E-state index in [1.807, 2.05) is 0 Å². The van der Waals surface area contributed by atoms with Gasteiger partial charge in [0.2, 0.25) is 5.92 Å². The monoisotopic (exact) mass is 485 g/mol. The second kappa shape index (κ2) is 9.68. The number of halogens is 5. The fraction of sp³-hybridized carbons (Fsp3) is 0.560. The number of carboxylic acid groups (broad SMARTS) is 1. The van der Waals surface area contributed by atoms with E-state index >= 15 is 0 Å². The van der Waals surface area contributed by atoms with Crippen LogP contribution in [0.15, 0.2) is 30.3 Å². The second-order valence-corrected chi connectivity index (χ2v) is 9.51. The first kappa shape index (κ1) is 24.7. The molecule has 1 aliphatic carbocycles. The Bertz CT molecular complexity index is 1030. The Morgan fingerprint density at radius 1 is 1.12 bits per heavy atom. The molecular formula is C25H28F5NO3. The molecule has 1 atom stereocenters. The first-order valence-corrected chi connectivity index (χ1v) is 11.6. The van der Waals surface area contributed by atoms with Crippen LogP contribution in [-0.4, -0.2) is 41.1 Å². The molecule has 4 nitrogen and oxygen atoms in total. The van der Waals surface area contributed by atoms with Crippen molar-refractivity contribution in [3.8, 4) is 5.75 Å². The number of alkyl halides is 5. The highest BCUT2D eigenvalue weighted by Crippen LogP contribution is 2.43. The third-order valence-corrected chi connectivity index (χ3v) is 6.76. The number of piperidine rings is 1. The number of carboxylic acids is 1. The van der Waals surface area contributed by atoms with Gasteiger partial charge < -0.3 is 9.84 Å². The molecule has 9 heteroatoms. The van der Waals surface area contributed by atoms with E-state index in [9.17, 15) is 26.7 Å². The Morgan fingerprint density at radius 3 is 2.53 bits per heavy atom. The zero-order valence-electron chi connectivity index (χ0n) is 18.7. The lowest BCUT2D eigenvalue weighted by Gasteiger charge is -2.32. The maximum atomic E-state index is 14.0. The van der Waals surface area contributed by atoms with Crippen molar-refractivity contribution in [1.29, 1.82) is 0 Å². The number of ether oxygens (including phenoxy) is 1. The highest BCUT2D eigenvalue weighted by Gasteiger charge is 2.39. The topological polar surface area (TPSA) is 49.8 Å². The molecule has 186 valence electrons. The first-order valence-electron chi connectivity index (χ1n) is 11.6. The summed E-state index contributed by atoms with van der Waals surface area (Å²) in [4.78, 5) is 13.2. The molecule has 4 rings (SSSR count). The second-order valence-electron chi connectivity index (χ2n) is 9.51. The Labute approximate surface area is 194 Å². The normalized spacial score (nSPS) is 22.1. The lowest BCUT2D eigenvalue weighted by molar-refractivity contribution is -0.139. The van der Waals surface area contributed by atoms with Gasteiger partial charge in [0.25, 0.3) is 0 Å². The predicted molar refractivity (Wildman–Crippen MR) is 117 cm³/mol. The van der Waals surface area contributed by atoms with Crippen molar-refractivity contribution in [2.24, 2.45) is 5.92 Å². The van der Waals surface area contributed by atoms with Gasteiger partial charge in [-0.3, -0.25) is 9.69 Å². The summed E-state index contributed by atoms with van der Waals surface area (Å²) >= 11 is 0. The lowest BCUT2D eigenvalue weighted by atomic mass is 9.93. The number of hydrogen-bond acceptors (Lipinski definition) is 3. The van der Waals surface area contributed by atoms with Gasteiger partial charge in [0.05, 0.1) is 6.10 Å². The van der Waals surface area contributed by atoms with Crippen molar-refractivity contribution in [2.45, 2.75) is 69.7 Å². The summed E-state index contributed by atoms with van der Waals surface area (Å²) in [5, 5.41) is 9.48. The maximum Gasteiger partial charge on any atom is 0.420 e. The summed E-state index contributed by atoms with van der Waals surface area (Å²) in [5.41, 5.74) is -0.0341. The molecule has 1 saturated heterocycles. The molecule has 1 aliphatic heterocycles. The fourth-order valence-corrected chi connectivity index (χ4v) is 5.13. The number of rotatable bonds is 6. The maximum absolute atomic E-state index is 14.0. The Balaban J connectivity index is 1.54. The van der Waals surface area contributed by atoms with Gasteiger partial charge in [-0.2, -0.15) is 13.2 Å². The largest absolute Gasteiger partial charge is 0.490 e. The van der Waals surface area contributed by atoms with E-state index < -0.39 is 29.7 Å². The summed E-state index contributed by atoms with van der Waals surface area (Å²) in [5.74, 6) is -3.86. The molecular weight excluding hydrogens is 457 g/mol. The Hall–Kier alpha value is -2.42. The number of aliphatic carboxylic acids is 1. The SMILES string of the molecule is O=C(O)C[C@H]1CCCN(Cc2ccc3c(C(F)(F)F)c(OC4CCC(F)(F)CC4)ccc3c2)C1. The molecule has 34 heavy (non-hydrogen) atoms. The number of hydrogen-bond donors (Lipinski definition) is 1. The van der Waals surface area contributed by atoms with E-state index in [4.69, 9.17) is 9.84 Å². The molecule has 2 aromatic rings. The molecule has 2 aromatic carbocycles. The van der Waals surface area contributed by atoms with E-state index in [-0.39, 0.29) is 49.2 Å². The summed E-state index contributed by atoms with van der Waals surface area (Å²) < 4.78 is 74.5. The molecule has 0 spiro atoms. The van der Waals surface area contributed by atoms with Crippen molar-refractivity contribution in [3.63, 3.8) is 0 Å². The van der Waals surface area contributed by atoms with Crippen LogP contribution in [0.25, 0.3) is 10.8 Å². The number of benzene rings is 2. The summed E-state index contributed by atoms with van der Waals surface area (Å²) in [6.45, 7) is 1.99. The molecule has 2 aliphatic rings. The van der Waals surface area contributed by atoms with Crippen molar-refractivity contribution in [2.75, 3.05) is 13.1 Å². The number of fused-ring (bicyclic) bond motifs is 1. The quantitative estimate of drug-likeness (QED) is 0.475. The van der Waals surface area contributed by atoms with Gasteiger partial charge in [0.1, 0.15) is 11.3 Å². The van der Waals surface area contributed by atoms with Crippen LogP contribution in [0.2, 0.25) is 0 Å². The molecule has 1 heterocycles. The van der Waals surface area contributed by atoms with E-state index in [0.717, 1.165) is 24.9 Å². The van der Waals surface area contributed by atoms with Crippen molar-refractivity contribution < 1.29 is 36.6 Å². The molecule has 1 saturated carbocycles. The zero-order chi connectivity index (χ0) is 24.5. The Kier molecular flexibility index (Phi) is 7.03. The minimum Gasteiger partial charge on any atom is -0.490 e. The number of likely N-dealkylation sites (tertiary alicyclic amines) is 1. The fourth-order valence-electron chi connectivity index (χ4n) is 5.13. The van der Waals surface area contributed by atoms with Gasteiger partial charge in [-0.1, -0.05) is 18.2 Å². The van der Waals surface area contributed by atoms with Crippen molar-refractivity contribution >= 4 is 16.7 Å². The van der Waals surface area contributed by atoms with Crippen LogP contribution in [0.5, 0.6) is 5.75 Å². The van der Waals surface area contributed by atoms with Crippen LogP contribution in [0.4, 0.5) is 22.0 Å². The van der Waals surface area contributed by atoms with E-state index in [0.29, 0.717) is 18.5 Å². The summed E-state index contributed by atoms with van der Waals surface area (Å²) in [7, 11) is 0. The average Bonchev–Trinajstić information content (AvgIpc) is 2.74. The number of carbonyl (C=O) groups is 1. The van der Waals surface area contributed by atoms with Gasteiger partial charge in [0, 0.05) is 32.4 Å². The average molecular weight is 485 g/mol. The zero-order valence-corrected chi connectivity index (χ0v) is 18.7. The summed E-state index contributed by atoms with van der Waals surface area (Å²) in [6.07, 6.45) is -4.22. The standard InChI is InChI=1S/C25H28F5NO3/c26-24(27)9-7-19(8-10-24)34-21-6-4-18-12-17(3-5-20(18)23(21)25(28,29)30)15-31-11-1-2-16(14-31)13-22(32)33/h3-6,12,16,19H,1-2,7-11,13-15H2,(H,32,33)/t16-/m1/s1. The van der Waals surface area contributed by atoms with Crippen molar-refractivity contribution in [1.82, 2.24) is 4.90 Å². The minimum atomic E-state index is -4.66. The third-order valence-electron chi connectivity index (χ3n) is 6.76. The molecule has 0 amide bonds. The molecule has 0 unspecified atom stereocenters. The highest BCUT2D eigenvalue weighted by atomic mass is 19.4. The van der Waals surface area contributed by atoms with Gasteiger partial charge in [-0.15, -0.1) is 0 Å². The molecule has 1 N–H and O–H groups in total. The van der Waals surface area contributed by atoms with Gasteiger partial charge in [-0.25, -0.2) is 8.78 Å². The molecule has 0 radical (unpaired) electrons. The first-order chi connectivity index (χ1) is 16.0. The minimum absolute atomic E-state index is 0.0114. The van der Waals surface area contributed by atoms with Crippen LogP contribution in [0, 0.1) is 5.92 Å². The van der Waals surface area contributed by atoms with Gasteiger partial charge in [0.15, 0.2) is 0 Å². The predicted octanol–water partition coefficient (Wildman–Crippen LogP) is 6.50. The van der Waals surface area contributed by atoms with E-state index in [1.165, 1.54) is 12.1 Å².